The van der Waals surface area contributed by atoms with Gasteiger partial charge in [0, 0.05) is 37.1 Å². The number of carbonyl (C=O) groups is 1. The van der Waals surface area contributed by atoms with Gasteiger partial charge in [0.2, 0.25) is 0 Å². The quantitative estimate of drug-likeness (QED) is 0.559. The van der Waals surface area contributed by atoms with Crippen molar-refractivity contribution in [1.82, 2.24) is 19.7 Å². The van der Waals surface area contributed by atoms with Crippen LogP contribution in [0.3, 0.4) is 0 Å². The molecule has 0 radical (unpaired) electrons. The molecule has 3 aromatic rings. The van der Waals surface area contributed by atoms with E-state index >= 15 is 4.39 Å². The molecule has 10 nitrogen and oxygen atoms in total. The van der Waals surface area contributed by atoms with Crippen LogP contribution in [0.25, 0.3) is 10.9 Å². The van der Waals surface area contributed by atoms with Crippen molar-refractivity contribution in [2.45, 2.75) is 31.5 Å². The highest BCUT2D eigenvalue weighted by atomic mass is 19.1. The standard InChI is InChI=1S/C25H27FN6O4/c1-16-14-17(2-3-18(16)24(34)31-9-12-35-13-10-31)29-22-21-19(4-8-28-23(21)33)32(30-22)25(5-7-27)6-11-36-15-20(25)26/h2-4,8,14,20H,5-6,9-13,15H2,1H3,(H,28,33)(H,29,30). The number of ether oxygens (including phenoxy) is 2. The number of nitrogens with one attached hydrogen (secondary N) is 2. The number of hydrogen-bond acceptors (Lipinski definition) is 7. The summed E-state index contributed by atoms with van der Waals surface area (Å²) in [5.41, 5.74) is 0.778. The van der Waals surface area contributed by atoms with E-state index in [4.69, 9.17) is 9.47 Å². The summed E-state index contributed by atoms with van der Waals surface area (Å²) in [7, 11) is 0. The van der Waals surface area contributed by atoms with Crippen molar-refractivity contribution in [3.8, 4) is 6.07 Å². The van der Waals surface area contributed by atoms with Gasteiger partial charge in [0.05, 0.1) is 37.8 Å². The summed E-state index contributed by atoms with van der Waals surface area (Å²) in [6.45, 7) is 4.13. The normalized spacial score (nSPS) is 22.4. The Balaban J connectivity index is 1.52. The highest BCUT2D eigenvalue weighted by molar-refractivity contribution is 5.96. The number of amides is 1. The van der Waals surface area contributed by atoms with Crippen LogP contribution < -0.4 is 10.9 Å². The van der Waals surface area contributed by atoms with Crippen LogP contribution in [0.2, 0.25) is 0 Å². The van der Waals surface area contributed by atoms with Crippen molar-refractivity contribution in [2.24, 2.45) is 0 Å². The summed E-state index contributed by atoms with van der Waals surface area (Å²) < 4.78 is 27.4. The van der Waals surface area contributed by atoms with E-state index in [0.717, 1.165) is 5.56 Å². The number of hydrogen-bond donors (Lipinski definition) is 2. The van der Waals surface area contributed by atoms with Gasteiger partial charge in [0.15, 0.2) is 5.82 Å². The molecule has 2 aliphatic rings. The summed E-state index contributed by atoms with van der Waals surface area (Å²) in [5.74, 6) is 0.190. The third kappa shape index (κ3) is 4.12. The Morgan fingerprint density at radius 2 is 2.11 bits per heavy atom. The van der Waals surface area contributed by atoms with E-state index in [9.17, 15) is 14.9 Å². The minimum atomic E-state index is -1.46. The number of aromatic amines is 1. The number of rotatable bonds is 5. The Labute approximate surface area is 206 Å². The molecule has 36 heavy (non-hydrogen) atoms. The largest absolute Gasteiger partial charge is 0.378 e. The van der Waals surface area contributed by atoms with E-state index in [1.54, 1.807) is 23.1 Å². The zero-order valence-corrected chi connectivity index (χ0v) is 19.9. The van der Waals surface area contributed by atoms with Gasteiger partial charge < -0.3 is 24.7 Å². The Bertz CT molecular complexity index is 1390. The van der Waals surface area contributed by atoms with Gasteiger partial charge in [-0.1, -0.05) is 0 Å². The molecule has 0 bridgehead atoms. The van der Waals surface area contributed by atoms with Crippen LogP contribution in [-0.4, -0.2) is 71.3 Å². The molecule has 4 heterocycles. The molecule has 11 heteroatoms. The molecule has 1 aromatic carbocycles. The van der Waals surface area contributed by atoms with Gasteiger partial charge in [-0.15, -0.1) is 0 Å². The number of anilines is 2. The number of fused-ring (bicyclic) bond motifs is 1. The molecule has 0 aliphatic carbocycles. The summed E-state index contributed by atoms with van der Waals surface area (Å²) in [6.07, 6.45) is 0.157. The van der Waals surface area contributed by atoms with Gasteiger partial charge >= 0.3 is 0 Å². The minimum absolute atomic E-state index is 0.0551. The van der Waals surface area contributed by atoms with Crippen LogP contribution in [0.15, 0.2) is 35.3 Å². The number of nitriles is 1. The van der Waals surface area contributed by atoms with Gasteiger partial charge in [0.1, 0.15) is 17.1 Å². The molecule has 1 amide bonds. The first-order chi connectivity index (χ1) is 17.4. The number of halogens is 1. The molecular formula is C25H27FN6O4. The average Bonchev–Trinajstić information content (AvgIpc) is 3.26. The first-order valence-corrected chi connectivity index (χ1v) is 11.9. The Kier molecular flexibility index (Phi) is 6.47. The van der Waals surface area contributed by atoms with Crippen LogP contribution in [0.5, 0.6) is 0 Å². The third-order valence-corrected chi connectivity index (χ3v) is 6.96. The van der Waals surface area contributed by atoms with Gasteiger partial charge in [-0.05, 0) is 43.2 Å². The number of benzene rings is 1. The number of pyridine rings is 1. The van der Waals surface area contributed by atoms with Gasteiger partial charge in [-0.3, -0.25) is 14.3 Å². The maximum Gasteiger partial charge on any atom is 0.261 e. The number of aromatic nitrogens is 3. The first kappa shape index (κ1) is 24.0. The smallest absolute Gasteiger partial charge is 0.261 e. The zero-order chi connectivity index (χ0) is 25.3. The molecule has 5 rings (SSSR count). The lowest BCUT2D eigenvalue weighted by Gasteiger charge is -2.38. The average molecular weight is 495 g/mol. The van der Waals surface area contributed by atoms with Crippen molar-refractivity contribution >= 4 is 28.3 Å². The van der Waals surface area contributed by atoms with E-state index in [0.29, 0.717) is 43.1 Å². The van der Waals surface area contributed by atoms with Crippen molar-refractivity contribution in [2.75, 3.05) is 44.8 Å². The second-order valence-electron chi connectivity index (χ2n) is 9.12. The fourth-order valence-corrected chi connectivity index (χ4v) is 4.96. The molecule has 2 N–H and O–H groups in total. The first-order valence-electron chi connectivity index (χ1n) is 11.9. The van der Waals surface area contributed by atoms with Crippen molar-refractivity contribution in [3.05, 3.63) is 51.9 Å². The minimum Gasteiger partial charge on any atom is -0.378 e. The Hall–Kier alpha value is -3.75. The summed E-state index contributed by atoms with van der Waals surface area (Å²) in [4.78, 5) is 30.2. The van der Waals surface area contributed by atoms with Gasteiger partial charge in [0.25, 0.3) is 11.5 Å². The van der Waals surface area contributed by atoms with Gasteiger partial charge in [-0.2, -0.15) is 10.4 Å². The van der Waals surface area contributed by atoms with Crippen LogP contribution in [0, 0.1) is 18.3 Å². The van der Waals surface area contributed by atoms with E-state index in [-0.39, 0.29) is 48.7 Å². The van der Waals surface area contributed by atoms with Gasteiger partial charge in [-0.25, -0.2) is 4.39 Å². The second kappa shape index (κ2) is 9.72. The number of aryl methyl sites for hydroxylation is 1. The lowest BCUT2D eigenvalue weighted by Crippen LogP contribution is -2.49. The summed E-state index contributed by atoms with van der Waals surface area (Å²) >= 11 is 0. The monoisotopic (exact) mass is 494 g/mol. The molecule has 2 saturated heterocycles. The number of alkyl halides is 1. The number of morpholine rings is 1. The maximum atomic E-state index is 15.3. The van der Waals surface area contributed by atoms with Crippen molar-refractivity contribution < 1.29 is 18.7 Å². The van der Waals surface area contributed by atoms with Crippen molar-refractivity contribution in [1.29, 1.82) is 5.26 Å². The molecule has 188 valence electrons. The predicted octanol–water partition coefficient (Wildman–Crippen LogP) is 2.62. The number of nitrogens with zero attached hydrogens (tertiary/aromatic N) is 4. The van der Waals surface area contributed by atoms with E-state index in [1.165, 1.54) is 10.9 Å². The Morgan fingerprint density at radius 3 is 2.83 bits per heavy atom. The second-order valence-corrected chi connectivity index (χ2v) is 9.12. The highest BCUT2D eigenvalue weighted by Gasteiger charge is 2.46. The summed E-state index contributed by atoms with van der Waals surface area (Å²) in [5, 5.41) is 17.6. The predicted molar refractivity (Wildman–Crippen MR) is 130 cm³/mol. The molecular weight excluding hydrogens is 467 g/mol. The van der Waals surface area contributed by atoms with Crippen molar-refractivity contribution in [3.63, 3.8) is 0 Å². The molecule has 2 unspecified atom stereocenters. The molecule has 2 aliphatic heterocycles. The lowest BCUT2D eigenvalue weighted by molar-refractivity contribution is -0.0511. The van der Waals surface area contributed by atoms with E-state index in [1.807, 2.05) is 13.0 Å². The maximum absolute atomic E-state index is 15.3. The van der Waals surface area contributed by atoms with E-state index in [2.05, 4.69) is 21.5 Å². The fraction of sp³-hybridized carbons (Fsp3) is 0.440. The fourth-order valence-electron chi connectivity index (χ4n) is 4.96. The Morgan fingerprint density at radius 1 is 1.31 bits per heavy atom. The molecule has 0 spiro atoms. The highest BCUT2D eigenvalue weighted by Crippen LogP contribution is 2.38. The van der Waals surface area contributed by atoms with Crippen LogP contribution in [-0.2, 0) is 15.0 Å². The van der Waals surface area contributed by atoms with E-state index < -0.39 is 11.7 Å². The topological polar surface area (TPSA) is 125 Å². The number of carbonyl (C=O) groups excluding carboxylic acids is 1. The molecule has 0 saturated carbocycles. The SMILES string of the molecule is Cc1cc(Nc2nn(C3(CC#N)CCOCC3F)c3cc[nH]c(=O)c23)ccc1C(=O)N1CCOCC1. The molecule has 2 fully saturated rings. The zero-order valence-electron chi connectivity index (χ0n) is 19.9. The summed E-state index contributed by atoms with van der Waals surface area (Å²) in [6, 6.07) is 9.05. The van der Waals surface area contributed by atoms with Crippen LogP contribution in [0.1, 0.15) is 28.8 Å². The van der Waals surface area contributed by atoms with Crippen LogP contribution in [0.4, 0.5) is 15.9 Å². The van der Waals surface area contributed by atoms with Crippen LogP contribution >= 0.6 is 0 Å². The molecule has 2 aromatic heterocycles. The number of H-pyrrole nitrogens is 1. The lowest BCUT2D eigenvalue weighted by atomic mass is 9.85. The third-order valence-electron chi connectivity index (χ3n) is 6.96. The molecule has 2 atom stereocenters.